The molecular weight excluding hydrogens is 242 g/mol. The number of hydrogen-bond donors (Lipinski definition) is 0. The summed E-state index contributed by atoms with van der Waals surface area (Å²) in [7, 11) is 0. The molecular formula is C17H18F2. The number of rotatable bonds is 4. The lowest BCUT2D eigenvalue weighted by molar-refractivity contribution is 0.582. The van der Waals surface area contributed by atoms with Gasteiger partial charge < -0.3 is 0 Å². The van der Waals surface area contributed by atoms with E-state index in [2.05, 4.69) is 13.8 Å². The maximum atomic E-state index is 13.3. The maximum Gasteiger partial charge on any atom is 0.126 e. The first-order chi connectivity index (χ1) is 9.06. The number of aryl methyl sites for hydroxylation is 1. The molecule has 2 aromatic carbocycles. The molecule has 0 radical (unpaired) electrons. The largest absolute Gasteiger partial charge is 0.207 e. The normalized spacial score (nSPS) is 11.0. The van der Waals surface area contributed by atoms with E-state index in [4.69, 9.17) is 0 Å². The molecule has 0 unspecified atom stereocenters. The first-order valence-electron chi connectivity index (χ1n) is 6.60. The summed E-state index contributed by atoms with van der Waals surface area (Å²) in [5.41, 5.74) is 2.67. The molecule has 2 heteroatoms. The van der Waals surface area contributed by atoms with Gasteiger partial charge in [-0.2, -0.15) is 0 Å². The summed E-state index contributed by atoms with van der Waals surface area (Å²) in [6, 6.07) is 11.5. The van der Waals surface area contributed by atoms with Crippen LogP contribution in [0.5, 0.6) is 0 Å². The Labute approximate surface area is 113 Å². The van der Waals surface area contributed by atoms with Crippen molar-refractivity contribution >= 4 is 0 Å². The first kappa shape index (κ1) is 13.7. The second-order valence-corrected chi connectivity index (χ2v) is 5.25. The summed E-state index contributed by atoms with van der Waals surface area (Å²) in [6.45, 7) is 4.34. The van der Waals surface area contributed by atoms with E-state index in [1.54, 1.807) is 0 Å². The van der Waals surface area contributed by atoms with E-state index in [9.17, 15) is 8.78 Å². The predicted octanol–water partition coefficient (Wildman–Crippen LogP) is 5.22. The van der Waals surface area contributed by atoms with Crippen LogP contribution in [0.1, 0.15) is 25.8 Å². The third-order valence-corrected chi connectivity index (χ3v) is 3.18. The van der Waals surface area contributed by atoms with Gasteiger partial charge >= 0.3 is 0 Å². The molecule has 0 fully saturated rings. The average Bonchev–Trinajstić information content (AvgIpc) is 2.35. The lowest BCUT2D eigenvalue weighted by Crippen LogP contribution is -1.95. The van der Waals surface area contributed by atoms with Crippen LogP contribution >= 0.6 is 0 Å². The summed E-state index contributed by atoms with van der Waals surface area (Å²) < 4.78 is 26.6. The van der Waals surface area contributed by atoms with E-state index >= 15 is 0 Å². The predicted molar refractivity (Wildman–Crippen MR) is 75.0 cm³/mol. The maximum absolute atomic E-state index is 13.3. The molecule has 0 aliphatic rings. The van der Waals surface area contributed by atoms with Gasteiger partial charge in [0.1, 0.15) is 11.6 Å². The highest BCUT2D eigenvalue weighted by molar-refractivity contribution is 5.67. The van der Waals surface area contributed by atoms with Gasteiger partial charge in [-0.1, -0.05) is 38.1 Å². The van der Waals surface area contributed by atoms with Crippen molar-refractivity contribution in [2.75, 3.05) is 0 Å². The van der Waals surface area contributed by atoms with Crippen LogP contribution in [0.3, 0.4) is 0 Å². The Bertz CT molecular complexity index is 539. The van der Waals surface area contributed by atoms with Crippen LogP contribution in [0.2, 0.25) is 0 Å². The molecule has 0 saturated heterocycles. The van der Waals surface area contributed by atoms with Gasteiger partial charge in [-0.3, -0.25) is 0 Å². The molecule has 0 aliphatic carbocycles. The highest BCUT2D eigenvalue weighted by atomic mass is 19.1. The molecule has 2 rings (SSSR count). The van der Waals surface area contributed by atoms with Crippen molar-refractivity contribution in [3.05, 3.63) is 59.7 Å². The SMILES string of the molecule is CC(C)CCc1ccccc1-c1cc(F)cc(F)c1. The molecule has 0 N–H and O–H groups in total. The third-order valence-electron chi connectivity index (χ3n) is 3.18. The van der Waals surface area contributed by atoms with Crippen LogP contribution in [-0.2, 0) is 6.42 Å². The highest BCUT2D eigenvalue weighted by Crippen LogP contribution is 2.27. The Morgan fingerprint density at radius 1 is 0.947 bits per heavy atom. The van der Waals surface area contributed by atoms with Crippen molar-refractivity contribution in [2.45, 2.75) is 26.7 Å². The molecule has 0 spiro atoms. The van der Waals surface area contributed by atoms with Crippen molar-refractivity contribution in [1.82, 2.24) is 0 Å². The van der Waals surface area contributed by atoms with Crippen molar-refractivity contribution in [2.24, 2.45) is 5.92 Å². The third kappa shape index (κ3) is 3.63. The molecule has 0 heterocycles. The smallest absolute Gasteiger partial charge is 0.126 e. The van der Waals surface area contributed by atoms with Gasteiger partial charge in [0.15, 0.2) is 0 Å². The van der Waals surface area contributed by atoms with Crippen molar-refractivity contribution < 1.29 is 8.78 Å². The lowest BCUT2D eigenvalue weighted by atomic mass is 9.94. The molecule has 2 aromatic rings. The summed E-state index contributed by atoms with van der Waals surface area (Å²) in [6.07, 6.45) is 1.99. The second-order valence-electron chi connectivity index (χ2n) is 5.25. The van der Waals surface area contributed by atoms with Crippen LogP contribution in [0.15, 0.2) is 42.5 Å². The van der Waals surface area contributed by atoms with Gasteiger partial charge in [-0.05, 0) is 47.6 Å². The Kier molecular flexibility index (Phi) is 4.31. The van der Waals surface area contributed by atoms with E-state index in [0.717, 1.165) is 30.0 Å². The van der Waals surface area contributed by atoms with Gasteiger partial charge in [0, 0.05) is 6.07 Å². The van der Waals surface area contributed by atoms with E-state index in [1.165, 1.54) is 12.1 Å². The molecule has 0 aromatic heterocycles. The molecule has 100 valence electrons. The minimum Gasteiger partial charge on any atom is -0.207 e. The van der Waals surface area contributed by atoms with Crippen LogP contribution < -0.4 is 0 Å². The van der Waals surface area contributed by atoms with Gasteiger partial charge in [-0.25, -0.2) is 8.78 Å². The van der Waals surface area contributed by atoms with Gasteiger partial charge in [0.25, 0.3) is 0 Å². The standard InChI is InChI=1S/C17H18F2/c1-12(2)7-8-13-5-3-4-6-17(13)14-9-15(18)11-16(19)10-14/h3-6,9-12H,7-8H2,1-2H3. The quantitative estimate of drug-likeness (QED) is 0.707. The Hall–Kier alpha value is -1.70. The van der Waals surface area contributed by atoms with Crippen LogP contribution in [-0.4, -0.2) is 0 Å². The number of benzene rings is 2. The molecule has 0 bridgehead atoms. The zero-order valence-corrected chi connectivity index (χ0v) is 11.3. The summed E-state index contributed by atoms with van der Waals surface area (Å²) in [5.74, 6) is -0.459. The monoisotopic (exact) mass is 260 g/mol. The zero-order valence-electron chi connectivity index (χ0n) is 11.3. The van der Waals surface area contributed by atoms with E-state index in [0.29, 0.717) is 11.5 Å². The topological polar surface area (TPSA) is 0 Å². The summed E-state index contributed by atoms with van der Waals surface area (Å²) in [4.78, 5) is 0. The first-order valence-corrected chi connectivity index (χ1v) is 6.60. The Balaban J connectivity index is 2.38. The molecule has 0 amide bonds. The number of halogens is 2. The van der Waals surface area contributed by atoms with E-state index in [-0.39, 0.29) is 0 Å². The van der Waals surface area contributed by atoms with E-state index in [1.807, 2.05) is 24.3 Å². The van der Waals surface area contributed by atoms with Crippen molar-refractivity contribution in [1.29, 1.82) is 0 Å². The number of hydrogen-bond acceptors (Lipinski definition) is 0. The fourth-order valence-electron chi connectivity index (χ4n) is 2.17. The zero-order chi connectivity index (χ0) is 13.8. The average molecular weight is 260 g/mol. The minimum absolute atomic E-state index is 0.534. The van der Waals surface area contributed by atoms with Crippen LogP contribution in [0, 0.1) is 17.6 Å². The summed E-state index contributed by atoms with van der Waals surface area (Å²) in [5, 5.41) is 0. The molecule has 0 saturated carbocycles. The van der Waals surface area contributed by atoms with E-state index < -0.39 is 11.6 Å². The molecule has 0 aliphatic heterocycles. The fraction of sp³-hybridized carbons (Fsp3) is 0.294. The summed E-state index contributed by atoms with van der Waals surface area (Å²) >= 11 is 0. The minimum atomic E-state index is -0.534. The highest BCUT2D eigenvalue weighted by Gasteiger charge is 2.08. The molecule has 0 atom stereocenters. The van der Waals surface area contributed by atoms with Gasteiger partial charge in [0.05, 0.1) is 0 Å². The fourth-order valence-corrected chi connectivity index (χ4v) is 2.17. The molecule has 0 nitrogen and oxygen atoms in total. The second kappa shape index (κ2) is 5.96. The Morgan fingerprint density at radius 2 is 1.58 bits per heavy atom. The Morgan fingerprint density at radius 3 is 2.21 bits per heavy atom. The van der Waals surface area contributed by atoms with Crippen LogP contribution in [0.4, 0.5) is 8.78 Å². The van der Waals surface area contributed by atoms with Crippen molar-refractivity contribution in [3.8, 4) is 11.1 Å². The lowest BCUT2D eigenvalue weighted by Gasteiger charge is -2.11. The van der Waals surface area contributed by atoms with Gasteiger partial charge in [-0.15, -0.1) is 0 Å². The van der Waals surface area contributed by atoms with Gasteiger partial charge in [0.2, 0.25) is 0 Å². The molecule has 19 heavy (non-hydrogen) atoms. The van der Waals surface area contributed by atoms with Crippen molar-refractivity contribution in [3.63, 3.8) is 0 Å². The van der Waals surface area contributed by atoms with Crippen LogP contribution in [0.25, 0.3) is 11.1 Å².